The van der Waals surface area contributed by atoms with Crippen LogP contribution in [0.15, 0.2) is 53.9 Å². The minimum Gasteiger partial charge on any atom is -0.312 e. The zero-order valence-corrected chi connectivity index (χ0v) is 21.2. The van der Waals surface area contributed by atoms with Gasteiger partial charge in [0.05, 0.1) is 17.3 Å². The van der Waals surface area contributed by atoms with Crippen LogP contribution in [0.25, 0.3) is 16.4 Å². The molecule has 1 aliphatic heterocycles. The maximum Gasteiger partial charge on any atom is 0.230 e. The molecule has 1 N–H and O–H groups in total. The molecule has 1 saturated heterocycles. The Morgan fingerprint density at radius 1 is 1.09 bits per heavy atom. The molecule has 0 saturated carbocycles. The van der Waals surface area contributed by atoms with Crippen molar-refractivity contribution in [2.75, 3.05) is 16.8 Å². The number of thiazole rings is 1. The normalized spacial score (nSPS) is 15.6. The maximum absolute atomic E-state index is 13.1. The molecule has 3 heterocycles. The second kappa shape index (κ2) is 9.28. The largest absolute Gasteiger partial charge is 0.312 e. The van der Waals surface area contributed by atoms with Crippen LogP contribution >= 0.6 is 22.9 Å². The molecule has 7 nitrogen and oxygen atoms in total. The van der Waals surface area contributed by atoms with Crippen LogP contribution in [-0.2, 0) is 9.59 Å². The topological polar surface area (TPSA) is 80.1 Å². The highest BCUT2D eigenvalue weighted by Gasteiger charge is 2.35. The lowest BCUT2D eigenvalue weighted by Crippen LogP contribution is -2.28. The average molecular weight is 506 g/mol. The van der Waals surface area contributed by atoms with Gasteiger partial charge in [-0.05, 0) is 56.2 Å². The molecule has 1 fully saturated rings. The van der Waals surface area contributed by atoms with Crippen LogP contribution in [0, 0.1) is 26.7 Å². The number of anilines is 2. The van der Waals surface area contributed by atoms with Gasteiger partial charge in [-0.1, -0.05) is 29.8 Å². The molecule has 5 rings (SSSR count). The highest BCUT2D eigenvalue weighted by molar-refractivity contribution is 7.12. The summed E-state index contributed by atoms with van der Waals surface area (Å²) >= 11 is 7.43. The molecule has 0 bridgehead atoms. The van der Waals surface area contributed by atoms with Crippen LogP contribution in [0.2, 0.25) is 5.02 Å². The molecule has 35 heavy (non-hydrogen) atoms. The Morgan fingerprint density at radius 3 is 2.60 bits per heavy atom. The molecule has 0 aliphatic carbocycles. The van der Waals surface area contributed by atoms with E-state index in [0.717, 1.165) is 28.2 Å². The van der Waals surface area contributed by atoms with E-state index in [1.54, 1.807) is 15.6 Å². The van der Waals surface area contributed by atoms with Gasteiger partial charge in [-0.3, -0.25) is 9.59 Å². The summed E-state index contributed by atoms with van der Waals surface area (Å²) in [7, 11) is 0. The Kier molecular flexibility index (Phi) is 6.17. The van der Waals surface area contributed by atoms with E-state index in [4.69, 9.17) is 16.6 Å². The summed E-state index contributed by atoms with van der Waals surface area (Å²) in [6.07, 6.45) is 0.170. The number of hydrogen-bond donors (Lipinski definition) is 1. The van der Waals surface area contributed by atoms with Crippen LogP contribution in [0.4, 0.5) is 11.5 Å². The van der Waals surface area contributed by atoms with Gasteiger partial charge in [-0.15, -0.1) is 11.3 Å². The average Bonchev–Trinajstić information content (AvgIpc) is 3.55. The summed E-state index contributed by atoms with van der Waals surface area (Å²) in [5, 5.41) is 10.7. The van der Waals surface area contributed by atoms with Gasteiger partial charge in [-0.25, -0.2) is 4.98 Å². The van der Waals surface area contributed by atoms with Gasteiger partial charge in [-0.2, -0.15) is 9.78 Å². The standard InChI is InChI=1S/C26H24ClN5O2S/c1-15-4-9-21(10-16(15)2)31-13-19(12-24(31)33)25(34)29-23-11-17(3)30-32(23)26-28-22(14-35-26)18-5-7-20(27)8-6-18/h4-11,14,19H,12-13H2,1-3H3,(H,29,34). The number of carbonyl (C=O) groups is 2. The summed E-state index contributed by atoms with van der Waals surface area (Å²) in [5.74, 6) is -0.179. The summed E-state index contributed by atoms with van der Waals surface area (Å²) in [6.45, 7) is 6.26. The molecule has 2 aromatic carbocycles. The van der Waals surface area contributed by atoms with Crippen molar-refractivity contribution in [2.45, 2.75) is 27.2 Å². The number of aromatic nitrogens is 3. The van der Waals surface area contributed by atoms with E-state index in [2.05, 4.69) is 10.4 Å². The van der Waals surface area contributed by atoms with E-state index in [9.17, 15) is 9.59 Å². The number of rotatable bonds is 5. The molecular weight excluding hydrogens is 482 g/mol. The number of amides is 2. The van der Waals surface area contributed by atoms with Gasteiger partial charge >= 0.3 is 0 Å². The number of carbonyl (C=O) groups excluding carboxylic acids is 2. The fraction of sp³-hybridized carbons (Fsp3) is 0.231. The molecule has 178 valence electrons. The third kappa shape index (κ3) is 4.72. The molecule has 4 aromatic rings. The number of nitrogens with one attached hydrogen (secondary N) is 1. The Morgan fingerprint density at radius 2 is 1.86 bits per heavy atom. The van der Waals surface area contributed by atoms with Crippen molar-refractivity contribution in [2.24, 2.45) is 5.92 Å². The van der Waals surface area contributed by atoms with Crippen molar-refractivity contribution in [3.8, 4) is 16.4 Å². The maximum atomic E-state index is 13.1. The van der Waals surface area contributed by atoms with Crippen molar-refractivity contribution < 1.29 is 9.59 Å². The van der Waals surface area contributed by atoms with Crippen LogP contribution < -0.4 is 10.2 Å². The lowest BCUT2D eigenvalue weighted by Gasteiger charge is -2.18. The summed E-state index contributed by atoms with van der Waals surface area (Å²) in [6, 6.07) is 15.2. The van der Waals surface area contributed by atoms with E-state index < -0.39 is 5.92 Å². The van der Waals surface area contributed by atoms with Crippen LogP contribution in [0.3, 0.4) is 0 Å². The first-order chi connectivity index (χ1) is 16.8. The third-order valence-corrected chi connectivity index (χ3v) is 7.26. The molecule has 9 heteroatoms. The molecule has 0 spiro atoms. The summed E-state index contributed by atoms with van der Waals surface area (Å²) in [5.41, 5.74) is 5.61. The second-order valence-corrected chi connectivity index (χ2v) is 10.0. The monoisotopic (exact) mass is 505 g/mol. The SMILES string of the molecule is Cc1cc(NC(=O)C2CC(=O)N(c3ccc(C)c(C)c3)C2)n(-c2nc(-c3ccc(Cl)cc3)cs2)n1. The van der Waals surface area contributed by atoms with E-state index in [1.165, 1.54) is 16.9 Å². The highest BCUT2D eigenvalue weighted by atomic mass is 35.5. The predicted molar refractivity (Wildman–Crippen MR) is 139 cm³/mol. The molecule has 2 aromatic heterocycles. The highest BCUT2D eigenvalue weighted by Crippen LogP contribution is 2.30. The van der Waals surface area contributed by atoms with Crippen molar-refractivity contribution in [3.05, 3.63) is 75.8 Å². The van der Waals surface area contributed by atoms with Crippen molar-refractivity contribution in [1.82, 2.24) is 14.8 Å². The van der Waals surface area contributed by atoms with Gasteiger partial charge in [0, 0.05) is 40.7 Å². The smallest absolute Gasteiger partial charge is 0.230 e. The Balaban J connectivity index is 1.33. The van der Waals surface area contributed by atoms with Gasteiger partial charge in [0.15, 0.2) is 0 Å². The molecule has 2 amide bonds. The van der Waals surface area contributed by atoms with E-state index in [0.29, 0.717) is 22.5 Å². The van der Waals surface area contributed by atoms with Gasteiger partial charge in [0.2, 0.25) is 16.9 Å². The number of aryl methyl sites for hydroxylation is 3. The minimum atomic E-state index is -0.450. The van der Waals surface area contributed by atoms with E-state index in [-0.39, 0.29) is 18.2 Å². The summed E-state index contributed by atoms with van der Waals surface area (Å²) in [4.78, 5) is 32.2. The van der Waals surface area contributed by atoms with E-state index in [1.807, 2.05) is 68.6 Å². The van der Waals surface area contributed by atoms with Crippen LogP contribution in [0.1, 0.15) is 23.2 Å². The molecule has 1 aliphatic rings. The van der Waals surface area contributed by atoms with E-state index >= 15 is 0 Å². The third-order valence-electron chi connectivity index (χ3n) is 6.19. The van der Waals surface area contributed by atoms with Crippen molar-refractivity contribution >= 4 is 46.3 Å². The number of hydrogen-bond acceptors (Lipinski definition) is 5. The summed E-state index contributed by atoms with van der Waals surface area (Å²) < 4.78 is 1.63. The fourth-order valence-corrected chi connectivity index (χ4v) is 5.03. The minimum absolute atomic E-state index is 0.0504. The number of benzene rings is 2. The van der Waals surface area contributed by atoms with Crippen LogP contribution in [0.5, 0.6) is 0 Å². The second-order valence-electron chi connectivity index (χ2n) is 8.77. The zero-order chi connectivity index (χ0) is 24.7. The van der Waals surface area contributed by atoms with Crippen molar-refractivity contribution in [3.63, 3.8) is 0 Å². The lowest BCUT2D eigenvalue weighted by molar-refractivity contribution is -0.122. The molecule has 1 atom stereocenters. The number of nitrogens with zero attached hydrogens (tertiary/aromatic N) is 4. The molecule has 1 unspecified atom stereocenters. The lowest BCUT2D eigenvalue weighted by atomic mass is 10.1. The van der Waals surface area contributed by atoms with Crippen LogP contribution in [-0.4, -0.2) is 33.1 Å². The zero-order valence-electron chi connectivity index (χ0n) is 19.6. The molecule has 0 radical (unpaired) electrons. The molecular formula is C26H24ClN5O2S. The fourth-order valence-electron chi connectivity index (χ4n) is 4.10. The van der Waals surface area contributed by atoms with Gasteiger partial charge in [0.1, 0.15) is 5.82 Å². The first-order valence-electron chi connectivity index (χ1n) is 11.3. The Bertz CT molecular complexity index is 1430. The Hall–Kier alpha value is -3.49. The Labute approximate surface area is 212 Å². The van der Waals surface area contributed by atoms with Gasteiger partial charge in [0.25, 0.3) is 0 Å². The quantitative estimate of drug-likeness (QED) is 0.384. The van der Waals surface area contributed by atoms with Crippen molar-refractivity contribution in [1.29, 1.82) is 0 Å². The van der Waals surface area contributed by atoms with Gasteiger partial charge < -0.3 is 10.2 Å². The number of halogens is 1. The first-order valence-corrected chi connectivity index (χ1v) is 12.5. The predicted octanol–water partition coefficient (Wildman–Crippen LogP) is 5.57. The first kappa shape index (κ1) is 23.3.